The summed E-state index contributed by atoms with van der Waals surface area (Å²) in [6.07, 6.45) is 1.27. The molecule has 1 aromatic rings. The number of phenols is 1. The van der Waals surface area contributed by atoms with Crippen molar-refractivity contribution in [2.24, 2.45) is 29.6 Å². The van der Waals surface area contributed by atoms with Gasteiger partial charge in [-0.1, -0.05) is 23.8 Å². The number of hydrogen-bond donors (Lipinski definition) is 3. The highest BCUT2D eigenvalue weighted by molar-refractivity contribution is 6.08. The Morgan fingerprint density at radius 3 is 2.05 bits per heavy atom. The Balaban J connectivity index is 1.59. The van der Waals surface area contributed by atoms with Crippen LogP contribution in [-0.4, -0.2) is 80.9 Å². The minimum Gasteiger partial charge on any atom is -0.504 e. The first-order chi connectivity index (χ1) is 18.6. The van der Waals surface area contributed by atoms with Crippen LogP contribution in [0.15, 0.2) is 29.8 Å². The van der Waals surface area contributed by atoms with Crippen molar-refractivity contribution in [1.82, 2.24) is 9.80 Å². The van der Waals surface area contributed by atoms with Crippen molar-refractivity contribution in [1.29, 1.82) is 0 Å². The summed E-state index contributed by atoms with van der Waals surface area (Å²) in [4.78, 5) is 77.9. The van der Waals surface area contributed by atoms with E-state index < -0.39 is 83.9 Å². The van der Waals surface area contributed by atoms with E-state index in [4.69, 9.17) is 14.9 Å². The fourth-order valence-corrected chi connectivity index (χ4v) is 6.88. The highest BCUT2D eigenvalue weighted by Crippen LogP contribution is 2.59. The van der Waals surface area contributed by atoms with Crippen LogP contribution in [0.1, 0.15) is 37.2 Å². The second-order valence-electron chi connectivity index (χ2n) is 10.4. The highest BCUT2D eigenvalue weighted by Gasteiger charge is 2.62. The number of phenolic OH excluding ortho intramolecular Hbond substituents is 1. The van der Waals surface area contributed by atoms with Gasteiger partial charge < -0.3 is 20.1 Å². The van der Waals surface area contributed by atoms with E-state index in [1.165, 1.54) is 7.11 Å². The van der Waals surface area contributed by atoms with Gasteiger partial charge in [0.1, 0.15) is 0 Å². The molecular weight excluding hydrogens is 512 g/mol. The molecular formula is C27H28N2O10. The van der Waals surface area contributed by atoms with Crippen molar-refractivity contribution in [2.45, 2.75) is 31.6 Å². The number of carbonyl (C=O) groups excluding carboxylic acids is 4. The van der Waals surface area contributed by atoms with Crippen LogP contribution in [0, 0.1) is 29.6 Å². The molecule has 6 atom stereocenters. The fourth-order valence-electron chi connectivity index (χ4n) is 6.88. The lowest BCUT2D eigenvalue weighted by Gasteiger charge is -2.44. The summed E-state index contributed by atoms with van der Waals surface area (Å²) in [5, 5.41) is 29.3. The van der Waals surface area contributed by atoms with Crippen molar-refractivity contribution < 1.29 is 48.8 Å². The third-order valence-electron chi connectivity index (χ3n) is 8.51. The predicted octanol–water partition coefficient (Wildman–Crippen LogP) is 0.986. The molecule has 0 bridgehead atoms. The van der Waals surface area contributed by atoms with E-state index in [1.54, 1.807) is 24.3 Å². The van der Waals surface area contributed by atoms with E-state index >= 15 is 0 Å². The molecule has 6 unspecified atom stereocenters. The van der Waals surface area contributed by atoms with Crippen molar-refractivity contribution >= 4 is 35.6 Å². The zero-order valence-electron chi connectivity index (χ0n) is 21.1. The third-order valence-corrected chi connectivity index (χ3v) is 8.51. The number of hydrogen-bond acceptors (Lipinski definition) is 8. The molecule has 0 spiro atoms. The maximum Gasteiger partial charge on any atom is 0.305 e. The van der Waals surface area contributed by atoms with E-state index in [-0.39, 0.29) is 37.4 Å². The van der Waals surface area contributed by atoms with Crippen LogP contribution in [0.3, 0.4) is 0 Å². The molecule has 2 heterocycles. The summed E-state index contributed by atoms with van der Waals surface area (Å²) in [6, 6.07) is 4.80. The van der Waals surface area contributed by atoms with Crippen LogP contribution in [0.4, 0.5) is 0 Å². The lowest BCUT2D eigenvalue weighted by atomic mass is 9.57. The summed E-state index contributed by atoms with van der Waals surface area (Å²) in [5.74, 6) is -9.21. The summed E-state index contributed by atoms with van der Waals surface area (Å²) >= 11 is 0. The van der Waals surface area contributed by atoms with Gasteiger partial charge in [0, 0.05) is 24.6 Å². The molecule has 1 aromatic carbocycles. The largest absolute Gasteiger partial charge is 0.504 e. The molecule has 4 aliphatic rings. The number of rotatable bonds is 8. The van der Waals surface area contributed by atoms with Gasteiger partial charge in [0.15, 0.2) is 11.5 Å². The summed E-state index contributed by atoms with van der Waals surface area (Å²) < 4.78 is 5.27. The molecule has 3 N–H and O–H groups in total. The molecule has 2 saturated heterocycles. The Morgan fingerprint density at radius 2 is 1.46 bits per heavy atom. The summed E-state index contributed by atoms with van der Waals surface area (Å²) in [7, 11) is 1.38. The zero-order valence-corrected chi connectivity index (χ0v) is 21.1. The van der Waals surface area contributed by atoms with Crippen molar-refractivity contribution in [3.8, 4) is 11.5 Å². The number of nitrogens with zero attached hydrogens (tertiary/aromatic N) is 2. The standard InChI is InChI=1S/C27H28N2O10/c1-39-17-4-2-3-13(23(17)34)20-12-5-6-14-21(26(37)28(24(14)35)9-7-18(30)31)15(12)11-16-22(20)27(38)29(25(16)36)10-8-19(32)33/h2-5,14-16,20-22,34H,6-11H2,1H3,(H,30,31)(H,32,33). The van der Waals surface area contributed by atoms with Crippen LogP contribution in [-0.2, 0) is 28.8 Å². The highest BCUT2D eigenvalue weighted by atomic mass is 16.5. The number of aromatic hydroxyl groups is 1. The van der Waals surface area contributed by atoms with Gasteiger partial charge in [-0.25, -0.2) is 0 Å². The van der Waals surface area contributed by atoms with Gasteiger partial charge in [-0.3, -0.25) is 38.6 Å². The Kier molecular flexibility index (Phi) is 6.65. The van der Waals surface area contributed by atoms with Crippen molar-refractivity contribution in [3.05, 3.63) is 35.4 Å². The molecule has 206 valence electrons. The molecule has 0 radical (unpaired) electrons. The van der Waals surface area contributed by atoms with E-state index in [1.807, 2.05) is 0 Å². The first-order valence-electron chi connectivity index (χ1n) is 12.8. The lowest BCUT2D eigenvalue weighted by molar-refractivity contribution is -0.145. The van der Waals surface area contributed by atoms with Gasteiger partial charge in [0.05, 0.1) is 43.6 Å². The number of carboxylic acids is 2. The fraction of sp³-hybridized carbons (Fsp3) is 0.481. The number of allylic oxidation sites excluding steroid dienone is 2. The molecule has 4 amide bonds. The van der Waals surface area contributed by atoms with Gasteiger partial charge in [-0.05, 0) is 24.8 Å². The Labute approximate surface area is 222 Å². The topological polar surface area (TPSA) is 179 Å². The second kappa shape index (κ2) is 9.83. The molecule has 3 fully saturated rings. The quantitative estimate of drug-likeness (QED) is 0.318. The molecule has 5 rings (SSSR count). The molecule has 2 aliphatic carbocycles. The Hall–Kier alpha value is -4.22. The van der Waals surface area contributed by atoms with Gasteiger partial charge in [0.25, 0.3) is 0 Å². The Morgan fingerprint density at radius 1 is 0.872 bits per heavy atom. The number of para-hydroxylation sites is 1. The van der Waals surface area contributed by atoms with Crippen LogP contribution >= 0.6 is 0 Å². The van der Waals surface area contributed by atoms with Gasteiger partial charge >= 0.3 is 11.9 Å². The molecule has 12 heteroatoms. The van der Waals surface area contributed by atoms with Crippen LogP contribution in [0.5, 0.6) is 11.5 Å². The normalized spacial score (nSPS) is 29.6. The number of methoxy groups -OCH3 is 1. The summed E-state index contributed by atoms with van der Waals surface area (Å²) in [6.45, 7) is -0.554. The minimum atomic E-state index is -1.16. The van der Waals surface area contributed by atoms with Crippen LogP contribution < -0.4 is 4.74 Å². The monoisotopic (exact) mass is 540 g/mol. The number of likely N-dealkylation sites (tertiary alicyclic amines) is 2. The molecule has 2 aliphatic heterocycles. The first-order valence-corrected chi connectivity index (χ1v) is 12.8. The van der Waals surface area contributed by atoms with Gasteiger partial charge in [0.2, 0.25) is 23.6 Å². The molecule has 39 heavy (non-hydrogen) atoms. The van der Waals surface area contributed by atoms with E-state index in [0.29, 0.717) is 11.1 Å². The van der Waals surface area contributed by atoms with E-state index in [0.717, 1.165) is 9.80 Å². The number of carbonyl (C=O) groups is 6. The van der Waals surface area contributed by atoms with Crippen LogP contribution in [0.25, 0.3) is 0 Å². The smallest absolute Gasteiger partial charge is 0.305 e. The van der Waals surface area contributed by atoms with Gasteiger partial charge in [-0.2, -0.15) is 0 Å². The molecule has 12 nitrogen and oxygen atoms in total. The number of benzene rings is 1. The SMILES string of the molecule is COc1cccc(C2C3=CCC4C(=O)N(CCC(=O)O)C(=O)C4C3CC3C(=O)N(CCC(=O)O)C(=O)C32)c1O. The average Bonchev–Trinajstić information content (AvgIpc) is 3.28. The van der Waals surface area contributed by atoms with Gasteiger partial charge in [-0.15, -0.1) is 0 Å². The number of carboxylic acid groups (broad SMARTS) is 2. The van der Waals surface area contributed by atoms with Crippen molar-refractivity contribution in [3.63, 3.8) is 0 Å². The number of imide groups is 2. The molecule has 0 aromatic heterocycles. The maximum atomic E-state index is 13.6. The summed E-state index contributed by atoms with van der Waals surface area (Å²) in [5.41, 5.74) is 0.989. The first kappa shape index (κ1) is 26.4. The lowest BCUT2D eigenvalue weighted by Crippen LogP contribution is -2.43. The predicted molar refractivity (Wildman–Crippen MR) is 130 cm³/mol. The number of aliphatic carboxylic acids is 2. The number of ether oxygens (including phenoxy) is 1. The zero-order chi connectivity index (χ0) is 28.2. The molecule has 1 saturated carbocycles. The van der Waals surface area contributed by atoms with Crippen molar-refractivity contribution in [2.75, 3.05) is 20.2 Å². The second-order valence-corrected chi connectivity index (χ2v) is 10.4. The third kappa shape index (κ3) is 4.14. The average molecular weight is 541 g/mol. The minimum absolute atomic E-state index is 0.0961. The Bertz CT molecular complexity index is 1320. The van der Waals surface area contributed by atoms with Crippen LogP contribution in [0.2, 0.25) is 0 Å². The number of amides is 4. The maximum absolute atomic E-state index is 13.6. The van der Waals surface area contributed by atoms with E-state index in [2.05, 4.69) is 0 Å². The van der Waals surface area contributed by atoms with E-state index in [9.17, 15) is 33.9 Å². The number of fused-ring (bicyclic) bond motifs is 4.